The first-order valence-electron chi connectivity index (χ1n) is 7.14. The lowest BCUT2D eigenvalue weighted by atomic mass is 9.87. The van der Waals surface area contributed by atoms with Crippen LogP contribution in [0.4, 0.5) is 0 Å². The number of rotatable bonds is 2. The third-order valence-electron chi connectivity index (χ3n) is 3.53. The second-order valence-corrected chi connectivity index (χ2v) is 6.63. The molecule has 0 aliphatic carbocycles. The van der Waals surface area contributed by atoms with Crippen LogP contribution in [0.3, 0.4) is 0 Å². The van der Waals surface area contributed by atoms with Crippen molar-refractivity contribution in [2.75, 3.05) is 0 Å². The fourth-order valence-electron chi connectivity index (χ4n) is 2.20. The molecule has 3 aromatic rings. The first kappa shape index (κ1) is 14.8. The molecule has 0 saturated heterocycles. The molecule has 0 N–H and O–H groups in total. The first-order chi connectivity index (χ1) is 10.4. The standard InChI is InChI=1S/C18H17ClN2O/c1-18(2,3)13-10-8-12(9-11-13)16-20-21-17(22-16)14-6-4-5-7-15(14)19/h4-11H,1-3H3. The Hall–Kier alpha value is -2.13. The van der Waals surface area contributed by atoms with Crippen LogP contribution >= 0.6 is 11.6 Å². The highest BCUT2D eigenvalue weighted by molar-refractivity contribution is 6.33. The van der Waals surface area contributed by atoms with E-state index in [0.29, 0.717) is 16.8 Å². The highest BCUT2D eigenvalue weighted by atomic mass is 35.5. The minimum absolute atomic E-state index is 0.121. The Bertz CT molecular complexity index is 785. The Balaban J connectivity index is 1.93. The van der Waals surface area contributed by atoms with E-state index in [1.54, 1.807) is 6.07 Å². The molecule has 0 fully saturated rings. The molecular weight excluding hydrogens is 296 g/mol. The van der Waals surface area contributed by atoms with Gasteiger partial charge >= 0.3 is 0 Å². The predicted octanol–water partition coefficient (Wildman–Crippen LogP) is 5.35. The van der Waals surface area contributed by atoms with Crippen LogP contribution in [-0.4, -0.2) is 10.2 Å². The molecule has 22 heavy (non-hydrogen) atoms. The number of benzene rings is 2. The summed E-state index contributed by atoms with van der Waals surface area (Å²) in [6, 6.07) is 15.6. The van der Waals surface area contributed by atoms with Gasteiger partial charge in [0, 0.05) is 5.56 Å². The quantitative estimate of drug-likeness (QED) is 0.640. The molecule has 0 amide bonds. The normalized spacial score (nSPS) is 11.6. The van der Waals surface area contributed by atoms with Crippen molar-refractivity contribution < 1.29 is 4.42 Å². The lowest BCUT2D eigenvalue weighted by Gasteiger charge is -2.18. The summed E-state index contributed by atoms with van der Waals surface area (Å²) < 4.78 is 5.76. The van der Waals surface area contributed by atoms with Crippen LogP contribution < -0.4 is 0 Å². The van der Waals surface area contributed by atoms with Gasteiger partial charge in [-0.25, -0.2) is 0 Å². The molecule has 0 saturated carbocycles. The van der Waals surface area contributed by atoms with Crippen molar-refractivity contribution in [2.24, 2.45) is 0 Å². The van der Waals surface area contributed by atoms with Crippen molar-refractivity contribution >= 4 is 11.6 Å². The zero-order valence-corrected chi connectivity index (χ0v) is 13.6. The smallest absolute Gasteiger partial charge is 0.249 e. The van der Waals surface area contributed by atoms with Gasteiger partial charge in [-0.1, -0.05) is 56.6 Å². The zero-order chi connectivity index (χ0) is 15.7. The highest BCUT2D eigenvalue weighted by Gasteiger charge is 2.15. The van der Waals surface area contributed by atoms with Gasteiger partial charge < -0.3 is 4.42 Å². The SMILES string of the molecule is CC(C)(C)c1ccc(-c2nnc(-c3ccccc3Cl)o2)cc1. The molecule has 1 aromatic heterocycles. The number of hydrogen-bond acceptors (Lipinski definition) is 3. The average Bonchev–Trinajstić information content (AvgIpc) is 2.96. The summed E-state index contributed by atoms with van der Waals surface area (Å²) in [5.74, 6) is 0.927. The summed E-state index contributed by atoms with van der Waals surface area (Å²) in [4.78, 5) is 0. The van der Waals surface area contributed by atoms with E-state index in [4.69, 9.17) is 16.0 Å². The van der Waals surface area contributed by atoms with Crippen LogP contribution in [0, 0.1) is 0 Å². The van der Waals surface area contributed by atoms with Crippen LogP contribution in [0.25, 0.3) is 22.9 Å². The molecule has 1 heterocycles. The van der Waals surface area contributed by atoms with Crippen LogP contribution in [0.1, 0.15) is 26.3 Å². The van der Waals surface area contributed by atoms with Gasteiger partial charge in [0.2, 0.25) is 11.8 Å². The lowest BCUT2D eigenvalue weighted by Crippen LogP contribution is -2.10. The molecule has 0 unspecified atom stereocenters. The van der Waals surface area contributed by atoms with Crippen molar-refractivity contribution in [2.45, 2.75) is 26.2 Å². The Labute approximate surface area is 135 Å². The topological polar surface area (TPSA) is 38.9 Å². The van der Waals surface area contributed by atoms with Crippen molar-refractivity contribution in [3.8, 4) is 22.9 Å². The number of hydrogen-bond donors (Lipinski definition) is 0. The molecule has 3 nitrogen and oxygen atoms in total. The van der Waals surface area contributed by atoms with E-state index in [1.807, 2.05) is 30.3 Å². The summed E-state index contributed by atoms with van der Waals surface area (Å²) in [6.45, 7) is 6.55. The Morgan fingerprint density at radius 3 is 2.14 bits per heavy atom. The third-order valence-corrected chi connectivity index (χ3v) is 3.86. The van der Waals surface area contributed by atoms with Gasteiger partial charge in [0.15, 0.2) is 0 Å². The van der Waals surface area contributed by atoms with Crippen molar-refractivity contribution in [1.82, 2.24) is 10.2 Å². The molecule has 0 bridgehead atoms. The molecule has 0 radical (unpaired) electrons. The number of halogens is 1. The molecule has 0 aliphatic rings. The summed E-state index contributed by atoms with van der Waals surface area (Å²) >= 11 is 6.16. The molecule has 0 spiro atoms. The molecule has 0 aliphatic heterocycles. The summed E-state index contributed by atoms with van der Waals surface area (Å²) in [7, 11) is 0. The Kier molecular flexibility index (Phi) is 3.75. The van der Waals surface area contributed by atoms with E-state index in [9.17, 15) is 0 Å². The predicted molar refractivity (Wildman–Crippen MR) is 88.9 cm³/mol. The number of aromatic nitrogens is 2. The summed E-state index contributed by atoms with van der Waals surface area (Å²) in [5.41, 5.74) is 3.03. The molecule has 3 rings (SSSR count). The monoisotopic (exact) mass is 312 g/mol. The molecule has 2 aromatic carbocycles. The van der Waals surface area contributed by atoms with E-state index in [0.717, 1.165) is 11.1 Å². The fourth-order valence-corrected chi connectivity index (χ4v) is 2.41. The van der Waals surface area contributed by atoms with E-state index >= 15 is 0 Å². The van der Waals surface area contributed by atoms with E-state index < -0.39 is 0 Å². The highest BCUT2D eigenvalue weighted by Crippen LogP contribution is 2.30. The van der Waals surface area contributed by atoms with Gasteiger partial charge in [-0.3, -0.25) is 0 Å². The van der Waals surface area contributed by atoms with Gasteiger partial charge in [-0.15, -0.1) is 10.2 Å². The lowest BCUT2D eigenvalue weighted by molar-refractivity contribution is 0.582. The van der Waals surface area contributed by atoms with Gasteiger partial charge in [0.1, 0.15) is 0 Å². The third kappa shape index (κ3) is 2.90. The Morgan fingerprint density at radius 1 is 0.864 bits per heavy atom. The maximum Gasteiger partial charge on any atom is 0.249 e. The first-order valence-corrected chi connectivity index (χ1v) is 7.52. The van der Waals surface area contributed by atoms with Gasteiger partial charge in [0.25, 0.3) is 0 Å². The van der Waals surface area contributed by atoms with E-state index in [1.165, 1.54) is 5.56 Å². The largest absolute Gasteiger partial charge is 0.416 e. The molecule has 112 valence electrons. The molecular formula is C18H17ClN2O. The second kappa shape index (κ2) is 5.58. The molecule has 4 heteroatoms. The van der Waals surface area contributed by atoms with Crippen LogP contribution in [0.2, 0.25) is 5.02 Å². The minimum Gasteiger partial charge on any atom is -0.416 e. The van der Waals surface area contributed by atoms with E-state index in [2.05, 4.69) is 43.1 Å². The average molecular weight is 313 g/mol. The summed E-state index contributed by atoms with van der Waals surface area (Å²) in [6.07, 6.45) is 0. The van der Waals surface area contributed by atoms with Crippen LogP contribution in [-0.2, 0) is 5.41 Å². The Morgan fingerprint density at radius 2 is 1.50 bits per heavy atom. The maximum absolute atomic E-state index is 6.16. The van der Waals surface area contributed by atoms with Gasteiger partial charge in [-0.05, 0) is 35.2 Å². The minimum atomic E-state index is 0.121. The van der Waals surface area contributed by atoms with Crippen LogP contribution in [0.15, 0.2) is 52.9 Å². The second-order valence-electron chi connectivity index (χ2n) is 6.22. The zero-order valence-electron chi connectivity index (χ0n) is 12.8. The van der Waals surface area contributed by atoms with Crippen molar-refractivity contribution in [3.05, 3.63) is 59.1 Å². The van der Waals surface area contributed by atoms with Crippen molar-refractivity contribution in [1.29, 1.82) is 0 Å². The summed E-state index contributed by atoms with van der Waals surface area (Å²) in [5, 5.41) is 8.81. The fraction of sp³-hybridized carbons (Fsp3) is 0.222. The van der Waals surface area contributed by atoms with Crippen LogP contribution in [0.5, 0.6) is 0 Å². The van der Waals surface area contributed by atoms with E-state index in [-0.39, 0.29) is 5.41 Å². The van der Waals surface area contributed by atoms with Gasteiger partial charge in [0.05, 0.1) is 10.6 Å². The molecule has 0 atom stereocenters. The van der Waals surface area contributed by atoms with Gasteiger partial charge in [-0.2, -0.15) is 0 Å². The van der Waals surface area contributed by atoms with Crippen molar-refractivity contribution in [3.63, 3.8) is 0 Å². The maximum atomic E-state index is 6.16. The number of nitrogens with zero attached hydrogens (tertiary/aromatic N) is 2.